The smallest absolute Gasteiger partial charge is 0.321 e. The molecule has 0 aliphatic rings. The molecule has 2 aromatic heterocycles. The Hall–Kier alpha value is -2.72. The van der Waals surface area contributed by atoms with Crippen molar-refractivity contribution in [3.63, 3.8) is 0 Å². The van der Waals surface area contributed by atoms with Gasteiger partial charge in [0.15, 0.2) is 0 Å². The lowest BCUT2D eigenvalue weighted by Gasteiger charge is -2.34. The third kappa shape index (κ3) is 7.59. The Morgan fingerprint density at radius 2 is 1.59 bits per heavy atom. The maximum atomic E-state index is 10.9. The largest absolute Gasteiger partial charge is 0.544 e. The van der Waals surface area contributed by atoms with Crippen molar-refractivity contribution in [1.82, 2.24) is 24.8 Å². The van der Waals surface area contributed by atoms with Crippen LogP contribution in [0.3, 0.4) is 0 Å². The first kappa shape index (κ1) is 22.3. The fraction of sp³-hybridized carbons (Fsp3) is 0.529. The van der Waals surface area contributed by atoms with Crippen molar-refractivity contribution in [3.8, 4) is 0 Å². The van der Waals surface area contributed by atoms with Crippen LogP contribution in [0.15, 0.2) is 25.0 Å². The minimum atomic E-state index is -1.04. The van der Waals surface area contributed by atoms with Gasteiger partial charge in [-0.3, -0.25) is 9.69 Å². The zero-order valence-corrected chi connectivity index (χ0v) is 16.3. The van der Waals surface area contributed by atoms with Gasteiger partial charge in [0.05, 0.1) is 39.8 Å². The van der Waals surface area contributed by atoms with E-state index in [-0.39, 0.29) is 0 Å². The molecule has 0 fully saturated rings. The first-order valence-electron chi connectivity index (χ1n) is 8.38. The van der Waals surface area contributed by atoms with Gasteiger partial charge < -0.3 is 29.5 Å². The van der Waals surface area contributed by atoms with Gasteiger partial charge in [-0.05, 0) is 14.1 Å². The highest BCUT2D eigenvalue weighted by atomic mass is 16.4. The number of aromatic nitrogens is 4. The van der Waals surface area contributed by atoms with E-state index in [2.05, 4.69) is 19.9 Å². The van der Waals surface area contributed by atoms with E-state index in [4.69, 9.17) is 5.11 Å². The van der Waals surface area contributed by atoms with Gasteiger partial charge in [-0.15, -0.1) is 0 Å². The zero-order chi connectivity index (χ0) is 20.6. The van der Waals surface area contributed by atoms with Gasteiger partial charge in [0.1, 0.15) is 12.1 Å². The van der Waals surface area contributed by atoms with Crippen LogP contribution in [-0.2, 0) is 22.4 Å². The van der Waals surface area contributed by atoms with Crippen molar-refractivity contribution < 1.29 is 24.3 Å². The van der Waals surface area contributed by atoms with Gasteiger partial charge >= 0.3 is 5.97 Å². The van der Waals surface area contributed by atoms with E-state index < -0.39 is 24.0 Å². The van der Waals surface area contributed by atoms with Crippen molar-refractivity contribution in [3.05, 3.63) is 36.4 Å². The lowest BCUT2D eigenvalue weighted by Crippen LogP contribution is -2.55. The highest BCUT2D eigenvalue weighted by molar-refractivity contribution is 5.73. The molecule has 2 heterocycles. The monoisotopic (exact) mass is 380 g/mol. The number of likely N-dealkylation sites (N-methyl/N-ethyl adjacent to an activating group) is 2. The van der Waals surface area contributed by atoms with Crippen LogP contribution < -0.4 is 5.11 Å². The molecule has 0 aliphatic heterocycles. The average Bonchev–Trinajstić information content (AvgIpc) is 3.22. The lowest BCUT2D eigenvalue weighted by atomic mass is 10.1. The standard InChI is InChI=1S/C9H15N3O2.C8H13N3O2/c1-12(2,3)8(9(13)14)4-7-5-10-6-11-7;1-11(2)7(8(12)13)3-6-4-9-5-10-6/h5-6,8H,4H2,1-3H3,(H-,10,11,13,14);4-5,7H,3H2,1-2H3,(H,9,10)(H,12,13)/t8-;7-/m00/s1. The van der Waals surface area contributed by atoms with Crippen LogP contribution in [-0.4, -0.2) is 93.7 Å². The van der Waals surface area contributed by atoms with Gasteiger partial charge in [0, 0.05) is 36.6 Å². The molecule has 10 nitrogen and oxygen atoms in total. The summed E-state index contributed by atoms with van der Waals surface area (Å²) in [5.41, 5.74) is 1.65. The van der Waals surface area contributed by atoms with E-state index in [1.165, 1.54) is 6.33 Å². The number of H-pyrrole nitrogens is 2. The molecular formula is C17H28N6O4. The van der Waals surface area contributed by atoms with E-state index in [0.29, 0.717) is 17.3 Å². The normalized spacial score (nSPS) is 13.6. The number of quaternary nitrogens is 1. The second-order valence-corrected chi connectivity index (χ2v) is 7.33. The number of aliphatic carboxylic acids is 2. The molecule has 0 saturated carbocycles. The quantitative estimate of drug-likeness (QED) is 0.486. The Morgan fingerprint density at radius 1 is 1.11 bits per heavy atom. The molecule has 2 rings (SSSR count). The molecule has 0 radical (unpaired) electrons. The molecule has 0 aliphatic carbocycles. The van der Waals surface area contributed by atoms with Gasteiger partial charge in [0.25, 0.3) is 0 Å². The number of carbonyl (C=O) groups is 2. The van der Waals surface area contributed by atoms with Crippen molar-refractivity contribution in [2.45, 2.75) is 24.9 Å². The fourth-order valence-electron chi connectivity index (χ4n) is 2.37. The lowest BCUT2D eigenvalue weighted by molar-refractivity contribution is -0.889. The molecule has 0 aromatic carbocycles. The van der Waals surface area contributed by atoms with Gasteiger partial charge in [-0.1, -0.05) is 0 Å². The second kappa shape index (κ2) is 9.83. The Morgan fingerprint density at radius 3 is 1.89 bits per heavy atom. The van der Waals surface area contributed by atoms with Crippen LogP contribution in [0.1, 0.15) is 11.4 Å². The summed E-state index contributed by atoms with van der Waals surface area (Å²) < 4.78 is 0.335. The van der Waals surface area contributed by atoms with E-state index in [1.807, 2.05) is 21.1 Å². The number of carboxylic acid groups (broad SMARTS) is 2. The Bertz CT molecular complexity index is 692. The van der Waals surface area contributed by atoms with Crippen molar-refractivity contribution in [2.24, 2.45) is 0 Å². The minimum Gasteiger partial charge on any atom is -0.544 e. The molecule has 0 saturated heterocycles. The highest BCUT2D eigenvalue weighted by Crippen LogP contribution is 2.08. The van der Waals surface area contributed by atoms with Crippen LogP contribution >= 0.6 is 0 Å². The summed E-state index contributed by atoms with van der Waals surface area (Å²) in [6.45, 7) is 0. The summed E-state index contributed by atoms with van der Waals surface area (Å²) in [5, 5.41) is 19.8. The third-order valence-electron chi connectivity index (χ3n) is 4.05. The molecule has 0 unspecified atom stereocenters. The average molecular weight is 380 g/mol. The van der Waals surface area contributed by atoms with Crippen LogP contribution in [0, 0.1) is 0 Å². The number of imidazole rings is 2. The molecule has 27 heavy (non-hydrogen) atoms. The second-order valence-electron chi connectivity index (χ2n) is 7.33. The summed E-state index contributed by atoms with van der Waals surface area (Å²) in [6, 6.07) is -1.06. The van der Waals surface area contributed by atoms with Crippen molar-refractivity contribution >= 4 is 11.9 Å². The number of nitrogens with zero attached hydrogens (tertiary/aromatic N) is 4. The van der Waals surface area contributed by atoms with Crippen LogP contribution in [0.2, 0.25) is 0 Å². The van der Waals surface area contributed by atoms with E-state index in [9.17, 15) is 14.7 Å². The molecule has 0 amide bonds. The number of rotatable bonds is 8. The summed E-state index contributed by atoms with van der Waals surface area (Å²) in [6.07, 6.45) is 7.21. The Labute approximate surface area is 158 Å². The predicted molar refractivity (Wildman–Crippen MR) is 96.5 cm³/mol. The molecule has 0 spiro atoms. The first-order valence-corrected chi connectivity index (χ1v) is 8.38. The van der Waals surface area contributed by atoms with Gasteiger partial charge in [-0.2, -0.15) is 0 Å². The van der Waals surface area contributed by atoms with Crippen molar-refractivity contribution in [1.29, 1.82) is 0 Å². The molecule has 2 atom stereocenters. The third-order valence-corrected chi connectivity index (χ3v) is 4.05. The van der Waals surface area contributed by atoms with Crippen molar-refractivity contribution in [2.75, 3.05) is 35.2 Å². The van der Waals surface area contributed by atoms with Crippen LogP contribution in [0.4, 0.5) is 0 Å². The zero-order valence-electron chi connectivity index (χ0n) is 16.3. The summed E-state index contributed by atoms with van der Waals surface area (Å²) in [7, 11) is 8.98. The number of hydrogen-bond donors (Lipinski definition) is 3. The number of nitrogens with one attached hydrogen (secondary N) is 2. The maximum Gasteiger partial charge on any atom is 0.321 e. The number of carboxylic acids is 2. The summed E-state index contributed by atoms with van der Waals surface area (Å²) in [4.78, 5) is 36.8. The summed E-state index contributed by atoms with van der Waals surface area (Å²) in [5.74, 6) is -1.85. The number of carbonyl (C=O) groups excluding carboxylic acids is 1. The minimum absolute atomic E-state index is 0.335. The van der Waals surface area contributed by atoms with E-state index in [0.717, 1.165) is 11.4 Å². The molecule has 0 bridgehead atoms. The fourth-order valence-corrected chi connectivity index (χ4v) is 2.37. The van der Waals surface area contributed by atoms with Gasteiger partial charge in [0.2, 0.25) is 0 Å². The molecule has 2 aromatic rings. The van der Waals surface area contributed by atoms with E-state index in [1.54, 1.807) is 37.7 Å². The molecule has 150 valence electrons. The predicted octanol–water partition coefficient (Wildman–Crippen LogP) is -1.26. The molecular weight excluding hydrogens is 352 g/mol. The molecule has 3 N–H and O–H groups in total. The Kier molecular flexibility index (Phi) is 8.13. The topological polar surface area (TPSA) is 138 Å². The molecule has 10 heteroatoms. The van der Waals surface area contributed by atoms with E-state index >= 15 is 0 Å². The Balaban J connectivity index is 0.000000271. The maximum absolute atomic E-state index is 10.9. The van der Waals surface area contributed by atoms with Crippen LogP contribution in [0.5, 0.6) is 0 Å². The SMILES string of the molecule is CN(C)[C@@H](Cc1cnc[nH]1)C(=O)O.C[N+](C)(C)[C@@H](Cc1cnc[nH]1)C(=O)[O-]. The number of hydrogen-bond acceptors (Lipinski definition) is 6. The number of aromatic amines is 2. The van der Waals surface area contributed by atoms with Crippen LogP contribution in [0.25, 0.3) is 0 Å². The first-order chi connectivity index (χ1) is 12.5. The highest BCUT2D eigenvalue weighted by Gasteiger charge is 2.25. The van der Waals surface area contributed by atoms with Gasteiger partial charge in [-0.25, -0.2) is 9.97 Å². The summed E-state index contributed by atoms with van der Waals surface area (Å²) >= 11 is 0.